The third-order valence-electron chi connectivity index (χ3n) is 1.83. The summed E-state index contributed by atoms with van der Waals surface area (Å²) in [4.78, 5) is 4.40. The zero-order valence-corrected chi connectivity index (χ0v) is 8.86. The van der Waals surface area contributed by atoms with Crippen LogP contribution in [0.3, 0.4) is 0 Å². The first-order valence-corrected chi connectivity index (χ1v) is 4.49. The standard InChI is InChI=1S/C10H15NO4/c1-12-8-4-3-5-9(10(8)13-2)14-6-7-15-11/h3-5H,6-7,11H2,1-2H3. The smallest absolute Gasteiger partial charge is 0.203 e. The summed E-state index contributed by atoms with van der Waals surface area (Å²) in [5.74, 6) is 6.68. The fourth-order valence-electron chi connectivity index (χ4n) is 1.17. The summed E-state index contributed by atoms with van der Waals surface area (Å²) in [7, 11) is 3.13. The van der Waals surface area contributed by atoms with E-state index in [9.17, 15) is 0 Å². The van der Waals surface area contributed by atoms with Crippen molar-refractivity contribution in [3.05, 3.63) is 18.2 Å². The first kappa shape index (κ1) is 11.6. The Labute approximate surface area is 88.6 Å². The van der Waals surface area contributed by atoms with Crippen LogP contribution in [0.4, 0.5) is 0 Å². The maximum Gasteiger partial charge on any atom is 0.203 e. The van der Waals surface area contributed by atoms with Crippen LogP contribution in [0.5, 0.6) is 17.2 Å². The molecule has 0 saturated carbocycles. The van der Waals surface area contributed by atoms with E-state index >= 15 is 0 Å². The minimum atomic E-state index is 0.320. The third-order valence-corrected chi connectivity index (χ3v) is 1.83. The molecule has 0 aromatic heterocycles. The molecular weight excluding hydrogens is 198 g/mol. The zero-order valence-electron chi connectivity index (χ0n) is 8.86. The lowest BCUT2D eigenvalue weighted by molar-refractivity contribution is 0.101. The summed E-state index contributed by atoms with van der Waals surface area (Å²) in [5.41, 5.74) is 0. The van der Waals surface area contributed by atoms with Crippen molar-refractivity contribution < 1.29 is 19.0 Å². The van der Waals surface area contributed by atoms with E-state index in [1.165, 1.54) is 0 Å². The van der Waals surface area contributed by atoms with Gasteiger partial charge in [0.15, 0.2) is 11.5 Å². The molecule has 5 heteroatoms. The number of methoxy groups -OCH3 is 2. The molecule has 0 aliphatic heterocycles. The number of hydrogen-bond acceptors (Lipinski definition) is 5. The summed E-state index contributed by atoms with van der Waals surface area (Å²) < 4.78 is 15.7. The van der Waals surface area contributed by atoms with Crippen LogP contribution >= 0.6 is 0 Å². The lowest BCUT2D eigenvalue weighted by Gasteiger charge is -2.12. The second-order valence-corrected chi connectivity index (χ2v) is 2.71. The first-order valence-electron chi connectivity index (χ1n) is 4.49. The number of rotatable bonds is 6. The van der Waals surface area contributed by atoms with Gasteiger partial charge in [0.1, 0.15) is 13.2 Å². The second kappa shape index (κ2) is 6.10. The van der Waals surface area contributed by atoms with Crippen LogP contribution in [-0.4, -0.2) is 27.4 Å². The summed E-state index contributed by atoms with van der Waals surface area (Å²) in [6.07, 6.45) is 0. The van der Waals surface area contributed by atoms with Gasteiger partial charge in [-0.05, 0) is 12.1 Å². The molecule has 0 unspecified atom stereocenters. The average molecular weight is 213 g/mol. The summed E-state index contributed by atoms with van der Waals surface area (Å²) in [6, 6.07) is 5.41. The van der Waals surface area contributed by atoms with Gasteiger partial charge in [-0.15, -0.1) is 0 Å². The van der Waals surface area contributed by atoms with Gasteiger partial charge in [-0.3, -0.25) is 0 Å². The molecule has 0 saturated heterocycles. The van der Waals surface area contributed by atoms with Gasteiger partial charge in [-0.2, -0.15) is 0 Å². The molecule has 0 aliphatic carbocycles. The van der Waals surface area contributed by atoms with Crippen molar-refractivity contribution >= 4 is 0 Å². The van der Waals surface area contributed by atoms with Crippen molar-refractivity contribution in [1.29, 1.82) is 0 Å². The van der Waals surface area contributed by atoms with Gasteiger partial charge < -0.3 is 19.0 Å². The molecule has 0 radical (unpaired) electrons. The fraction of sp³-hybridized carbons (Fsp3) is 0.400. The SMILES string of the molecule is COc1cccc(OCCON)c1OC. The monoisotopic (exact) mass is 213 g/mol. The predicted molar refractivity (Wildman–Crippen MR) is 55.2 cm³/mol. The van der Waals surface area contributed by atoms with Gasteiger partial charge in [-0.25, -0.2) is 5.90 Å². The normalized spacial score (nSPS) is 9.80. The van der Waals surface area contributed by atoms with Crippen molar-refractivity contribution in [3.8, 4) is 17.2 Å². The molecule has 0 aliphatic rings. The van der Waals surface area contributed by atoms with E-state index < -0.39 is 0 Å². The average Bonchev–Trinajstić information content (AvgIpc) is 2.29. The lowest BCUT2D eigenvalue weighted by Crippen LogP contribution is -2.10. The molecule has 84 valence electrons. The highest BCUT2D eigenvalue weighted by atomic mass is 16.6. The minimum absolute atomic E-state index is 0.320. The molecule has 0 bridgehead atoms. The van der Waals surface area contributed by atoms with Crippen molar-refractivity contribution in [2.24, 2.45) is 5.90 Å². The van der Waals surface area contributed by atoms with Crippen LogP contribution in [0, 0.1) is 0 Å². The fourth-order valence-corrected chi connectivity index (χ4v) is 1.17. The van der Waals surface area contributed by atoms with Crippen LogP contribution in [0.1, 0.15) is 0 Å². The van der Waals surface area contributed by atoms with E-state index in [1.807, 2.05) is 6.07 Å². The number of benzene rings is 1. The van der Waals surface area contributed by atoms with Gasteiger partial charge in [-0.1, -0.05) is 6.07 Å². The molecule has 0 heterocycles. The Morgan fingerprint density at radius 1 is 1.07 bits per heavy atom. The quantitative estimate of drug-likeness (QED) is 0.563. The summed E-state index contributed by atoms with van der Waals surface area (Å²) >= 11 is 0. The van der Waals surface area contributed by atoms with Crippen molar-refractivity contribution in [2.45, 2.75) is 0 Å². The molecule has 0 amide bonds. The van der Waals surface area contributed by atoms with Crippen LogP contribution in [0.2, 0.25) is 0 Å². The van der Waals surface area contributed by atoms with Gasteiger partial charge in [0, 0.05) is 0 Å². The largest absolute Gasteiger partial charge is 0.493 e. The predicted octanol–water partition coefficient (Wildman–Crippen LogP) is 0.973. The summed E-state index contributed by atoms with van der Waals surface area (Å²) in [6.45, 7) is 0.681. The molecule has 0 atom stereocenters. The van der Waals surface area contributed by atoms with E-state index in [0.29, 0.717) is 30.5 Å². The van der Waals surface area contributed by atoms with E-state index in [0.717, 1.165) is 0 Å². The Bertz CT molecular complexity index is 303. The van der Waals surface area contributed by atoms with Crippen LogP contribution < -0.4 is 20.1 Å². The van der Waals surface area contributed by atoms with Crippen molar-refractivity contribution in [2.75, 3.05) is 27.4 Å². The molecule has 1 aromatic carbocycles. The van der Waals surface area contributed by atoms with Gasteiger partial charge in [0.05, 0.1) is 14.2 Å². The second-order valence-electron chi connectivity index (χ2n) is 2.71. The lowest BCUT2D eigenvalue weighted by atomic mass is 10.3. The van der Waals surface area contributed by atoms with E-state index in [1.54, 1.807) is 26.4 Å². The Balaban J connectivity index is 2.76. The summed E-state index contributed by atoms with van der Waals surface area (Å²) in [5, 5.41) is 0. The van der Waals surface area contributed by atoms with Gasteiger partial charge >= 0.3 is 0 Å². The Hall–Kier alpha value is -1.46. The van der Waals surface area contributed by atoms with Crippen LogP contribution in [0.25, 0.3) is 0 Å². The number of hydrogen-bond donors (Lipinski definition) is 1. The Kier molecular flexibility index (Phi) is 4.73. The molecule has 0 fully saturated rings. The highest BCUT2D eigenvalue weighted by molar-refractivity contribution is 5.50. The topological polar surface area (TPSA) is 62.9 Å². The molecule has 2 N–H and O–H groups in total. The third kappa shape index (κ3) is 3.00. The molecule has 15 heavy (non-hydrogen) atoms. The first-order chi connectivity index (χ1) is 7.33. The molecular formula is C10H15NO4. The molecule has 0 spiro atoms. The highest BCUT2D eigenvalue weighted by Gasteiger charge is 2.09. The number of para-hydroxylation sites is 1. The van der Waals surface area contributed by atoms with Crippen LogP contribution in [-0.2, 0) is 4.84 Å². The molecule has 1 aromatic rings. The van der Waals surface area contributed by atoms with E-state index in [-0.39, 0.29) is 0 Å². The maximum atomic E-state index is 5.40. The number of ether oxygens (including phenoxy) is 3. The highest BCUT2D eigenvalue weighted by Crippen LogP contribution is 2.36. The van der Waals surface area contributed by atoms with E-state index in [4.69, 9.17) is 20.1 Å². The van der Waals surface area contributed by atoms with Gasteiger partial charge in [0.25, 0.3) is 0 Å². The van der Waals surface area contributed by atoms with Crippen molar-refractivity contribution in [3.63, 3.8) is 0 Å². The van der Waals surface area contributed by atoms with Crippen LogP contribution in [0.15, 0.2) is 18.2 Å². The van der Waals surface area contributed by atoms with Gasteiger partial charge in [0.2, 0.25) is 5.75 Å². The minimum Gasteiger partial charge on any atom is -0.493 e. The maximum absolute atomic E-state index is 5.40. The molecule has 5 nitrogen and oxygen atoms in total. The number of nitrogens with two attached hydrogens (primary N) is 1. The molecule has 1 rings (SSSR count). The Morgan fingerprint density at radius 2 is 1.80 bits per heavy atom. The van der Waals surface area contributed by atoms with E-state index in [2.05, 4.69) is 4.84 Å². The van der Waals surface area contributed by atoms with Crippen molar-refractivity contribution in [1.82, 2.24) is 0 Å². The zero-order chi connectivity index (χ0) is 11.1. The Morgan fingerprint density at radius 3 is 2.40 bits per heavy atom.